The average molecular weight is 378 g/mol. The van der Waals surface area contributed by atoms with Gasteiger partial charge in [-0.15, -0.1) is 0 Å². The molecule has 0 bridgehead atoms. The molecule has 0 spiro atoms. The molecule has 1 aliphatic heterocycles. The molecule has 0 aliphatic carbocycles. The van der Waals surface area contributed by atoms with E-state index in [2.05, 4.69) is 4.90 Å². The van der Waals surface area contributed by atoms with E-state index < -0.39 is 0 Å². The predicted molar refractivity (Wildman–Crippen MR) is 107 cm³/mol. The van der Waals surface area contributed by atoms with Crippen molar-refractivity contribution in [3.05, 3.63) is 64.8 Å². The summed E-state index contributed by atoms with van der Waals surface area (Å²) < 4.78 is 11.8. The van der Waals surface area contributed by atoms with Gasteiger partial charge in [0.15, 0.2) is 12.4 Å². The molecule has 1 amide bonds. The van der Waals surface area contributed by atoms with E-state index in [0.717, 1.165) is 18.7 Å². The van der Waals surface area contributed by atoms with Crippen molar-refractivity contribution in [1.82, 2.24) is 9.80 Å². The number of rotatable bonds is 4. The molecule has 6 heteroatoms. The van der Waals surface area contributed by atoms with Crippen LogP contribution < -0.4 is 10.2 Å². The fraction of sp³-hybridized carbons (Fsp3) is 0.273. The first kappa shape index (κ1) is 18.3. The Morgan fingerprint density at radius 3 is 2.43 bits per heavy atom. The Bertz CT molecular complexity index is 1040. The van der Waals surface area contributed by atoms with E-state index >= 15 is 0 Å². The number of fused-ring (bicyclic) bond motifs is 1. The normalized spacial score (nSPS) is 15.0. The Morgan fingerprint density at radius 2 is 1.68 bits per heavy atom. The fourth-order valence-electron chi connectivity index (χ4n) is 3.32. The lowest BCUT2D eigenvalue weighted by Gasteiger charge is -2.32. The number of ether oxygens (including phenoxy) is 1. The molecule has 0 N–H and O–H groups in total. The van der Waals surface area contributed by atoms with Gasteiger partial charge in [0.25, 0.3) is 5.91 Å². The van der Waals surface area contributed by atoms with Crippen molar-refractivity contribution in [3.8, 4) is 17.1 Å². The van der Waals surface area contributed by atoms with Gasteiger partial charge in [-0.1, -0.05) is 42.5 Å². The maximum absolute atomic E-state index is 13.0. The minimum absolute atomic E-state index is 0.0763. The van der Waals surface area contributed by atoms with Crippen molar-refractivity contribution < 1.29 is 13.9 Å². The standard InChI is InChI=1S/C22H22N2O4/c1-23-11-13-24(14-12-23)19(25)15-27-22-20(26)17-9-5-6-10-18(17)28-21(22)16-7-3-2-4-8-16/h2-10H,11-15H2,1H3. The fourth-order valence-corrected chi connectivity index (χ4v) is 3.32. The van der Waals surface area contributed by atoms with Crippen LogP contribution in [0.5, 0.6) is 5.75 Å². The summed E-state index contributed by atoms with van der Waals surface area (Å²) in [5.41, 5.74) is 0.948. The summed E-state index contributed by atoms with van der Waals surface area (Å²) in [6.07, 6.45) is 0. The summed E-state index contributed by atoms with van der Waals surface area (Å²) in [5.74, 6) is 0.294. The van der Waals surface area contributed by atoms with Crippen molar-refractivity contribution in [2.24, 2.45) is 0 Å². The van der Waals surface area contributed by atoms with E-state index in [0.29, 0.717) is 29.8 Å². The molecule has 0 atom stereocenters. The lowest BCUT2D eigenvalue weighted by molar-refractivity contribution is -0.134. The third-order valence-electron chi connectivity index (χ3n) is 4.99. The first-order valence-electron chi connectivity index (χ1n) is 9.34. The molecule has 2 aromatic carbocycles. The lowest BCUT2D eigenvalue weighted by atomic mass is 10.1. The molecule has 6 nitrogen and oxygen atoms in total. The lowest BCUT2D eigenvalue weighted by Crippen LogP contribution is -2.48. The van der Waals surface area contributed by atoms with E-state index in [1.807, 2.05) is 43.4 Å². The van der Waals surface area contributed by atoms with Crippen molar-refractivity contribution in [3.63, 3.8) is 0 Å². The number of hydrogen-bond acceptors (Lipinski definition) is 5. The molecule has 4 rings (SSSR count). The summed E-state index contributed by atoms with van der Waals surface area (Å²) in [6, 6.07) is 16.4. The summed E-state index contributed by atoms with van der Waals surface area (Å²) in [6.45, 7) is 2.80. The molecular formula is C22H22N2O4. The third-order valence-corrected chi connectivity index (χ3v) is 4.99. The van der Waals surface area contributed by atoms with Crippen LogP contribution in [0.1, 0.15) is 0 Å². The van der Waals surface area contributed by atoms with Crippen molar-refractivity contribution in [2.45, 2.75) is 0 Å². The summed E-state index contributed by atoms with van der Waals surface area (Å²) in [7, 11) is 2.03. The van der Waals surface area contributed by atoms with Crippen LogP contribution in [0.4, 0.5) is 0 Å². The van der Waals surface area contributed by atoms with Gasteiger partial charge < -0.3 is 19.0 Å². The summed E-state index contributed by atoms with van der Waals surface area (Å²) in [4.78, 5) is 29.5. The van der Waals surface area contributed by atoms with Crippen LogP contribution in [0.15, 0.2) is 63.8 Å². The SMILES string of the molecule is CN1CCN(C(=O)COc2c(-c3ccccc3)oc3ccccc3c2=O)CC1. The van der Waals surface area contributed by atoms with Gasteiger partial charge in [-0.3, -0.25) is 9.59 Å². The largest absolute Gasteiger partial charge is 0.476 e. The van der Waals surface area contributed by atoms with Gasteiger partial charge in [0.05, 0.1) is 5.39 Å². The number of nitrogens with zero attached hydrogens (tertiary/aromatic N) is 2. The maximum Gasteiger partial charge on any atom is 0.260 e. The van der Waals surface area contributed by atoms with Crippen molar-refractivity contribution in [1.29, 1.82) is 0 Å². The topological polar surface area (TPSA) is 63.0 Å². The zero-order chi connectivity index (χ0) is 19.5. The highest BCUT2D eigenvalue weighted by molar-refractivity contribution is 5.83. The number of para-hydroxylation sites is 1. The second kappa shape index (κ2) is 7.86. The molecule has 1 aliphatic rings. The van der Waals surface area contributed by atoms with Crippen LogP contribution >= 0.6 is 0 Å². The third kappa shape index (κ3) is 3.64. The molecule has 2 heterocycles. The van der Waals surface area contributed by atoms with E-state index in [-0.39, 0.29) is 23.7 Å². The Kier molecular flexibility index (Phi) is 5.12. The second-order valence-corrected chi connectivity index (χ2v) is 6.92. The average Bonchev–Trinajstić information content (AvgIpc) is 2.74. The minimum Gasteiger partial charge on any atom is -0.476 e. The van der Waals surface area contributed by atoms with Crippen LogP contribution in [0, 0.1) is 0 Å². The van der Waals surface area contributed by atoms with Crippen LogP contribution in [-0.4, -0.2) is 55.5 Å². The number of amides is 1. The number of benzene rings is 2. The van der Waals surface area contributed by atoms with E-state index in [1.165, 1.54) is 0 Å². The highest BCUT2D eigenvalue weighted by Gasteiger charge is 2.22. The van der Waals surface area contributed by atoms with Gasteiger partial charge in [-0.2, -0.15) is 0 Å². The monoisotopic (exact) mass is 378 g/mol. The van der Waals surface area contributed by atoms with Crippen molar-refractivity contribution >= 4 is 16.9 Å². The summed E-state index contributed by atoms with van der Waals surface area (Å²) >= 11 is 0. The van der Waals surface area contributed by atoms with E-state index in [9.17, 15) is 9.59 Å². The molecule has 1 saturated heterocycles. The Morgan fingerprint density at radius 1 is 1.00 bits per heavy atom. The van der Waals surface area contributed by atoms with Crippen LogP contribution in [0.3, 0.4) is 0 Å². The molecule has 28 heavy (non-hydrogen) atoms. The van der Waals surface area contributed by atoms with Gasteiger partial charge in [-0.05, 0) is 19.2 Å². The quantitative estimate of drug-likeness (QED) is 0.698. The van der Waals surface area contributed by atoms with Crippen LogP contribution in [0.2, 0.25) is 0 Å². The van der Waals surface area contributed by atoms with Gasteiger partial charge in [-0.25, -0.2) is 0 Å². The van der Waals surface area contributed by atoms with Crippen LogP contribution in [-0.2, 0) is 4.79 Å². The molecule has 0 saturated carbocycles. The second-order valence-electron chi connectivity index (χ2n) is 6.92. The number of piperazine rings is 1. The molecule has 144 valence electrons. The molecule has 1 fully saturated rings. The van der Waals surface area contributed by atoms with Crippen LogP contribution in [0.25, 0.3) is 22.3 Å². The minimum atomic E-state index is -0.271. The smallest absolute Gasteiger partial charge is 0.260 e. The number of hydrogen-bond donors (Lipinski definition) is 0. The van der Waals surface area contributed by atoms with E-state index in [1.54, 1.807) is 23.1 Å². The zero-order valence-electron chi connectivity index (χ0n) is 15.8. The number of carbonyl (C=O) groups is 1. The highest BCUT2D eigenvalue weighted by Crippen LogP contribution is 2.30. The molecule has 0 unspecified atom stereocenters. The van der Waals surface area contributed by atoms with Gasteiger partial charge >= 0.3 is 0 Å². The maximum atomic E-state index is 13.0. The molecule has 1 aromatic heterocycles. The first-order chi connectivity index (χ1) is 13.6. The van der Waals surface area contributed by atoms with Gasteiger partial charge in [0.1, 0.15) is 5.58 Å². The first-order valence-corrected chi connectivity index (χ1v) is 9.34. The Balaban J connectivity index is 1.66. The Labute approximate surface area is 162 Å². The predicted octanol–water partition coefficient (Wildman–Crippen LogP) is 2.61. The number of likely N-dealkylation sites (N-methyl/N-ethyl adjacent to an activating group) is 1. The van der Waals surface area contributed by atoms with Crippen molar-refractivity contribution in [2.75, 3.05) is 39.8 Å². The molecular weight excluding hydrogens is 356 g/mol. The molecule has 0 radical (unpaired) electrons. The number of carbonyl (C=O) groups excluding carboxylic acids is 1. The Hall–Kier alpha value is -3.12. The van der Waals surface area contributed by atoms with E-state index in [4.69, 9.17) is 9.15 Å². The van der Waals surface area contributed by atoms with Gasteiger partial charge in [0.2, 0.25) is 11.2 Å². The summed E-state index contributed by atoms with van der Waals surface area (Å²) in [5, 5.41) is 0.434. The zero-order valence-corrected chi connectivity index (χ0v) is 15.8. The highest BCUT2D eigenvalue weighted by atomic mass is 16.5. The van der Waals surface area contributed by atoms with Gasteiger partial charge in [0, 0.05) is 31.7 Å². The molecule has 3 aromatic rings.